The van der Waals surface area contributed by atoms with Gasteiger partial charge in [-0.3, -0.25) is 4.79 Å². The van der Waals surface area contributed by atoms with E-state index >= 15 is 0 Å². The van der Waals surface area contributed by atoms with Crippen LogP contribution in [0.25, 0.3) is 0 Å². The van der Waals surface area contributed by atoms with Crippen LogP contribution in [0.2, 0.25) is 0 Å². The lowest BCUT2D eigenvalue weighted by Gasteiger charge is -2.13. The number of carboxylic acids is 1. The first-order chi connectivity index (χ1) is 6.90. The van der Waals surface area contributed by atoms with Crippen LogP contribution in [-0.2, 0) is 10.2 Å². The molecule has 0 aliphatic heterocycles. The van der Waals surface area contributed by atoms with E-state index in [4.69, 9.17) is 23.2 Å². The van der Waals surface area contributed by atoms with Gasteiger partial charge in [-0.05, 0) is 17.7 Å². The van der Waals surface area contributed by atoms with Crippen LogP contribution in [0.5, 0.6) is 0 Å². The van der Waals surface area contributed by atoms with E-state index in [1.807, 2.05) is 6.07 Å². The Morgan fingerprint density at radius 1 is 1.47 bits per heavy atom. The van der Waals surface area contributed by atoms with Crippen molar-refractivity contribution in [2.24, 2.45) is 0 Å². The van der Waals surface area contributed by atoms with Crippen LogP contribution in [0.3, 0.4) is 0 Å². The minimum Gasteiger partial charge on any atom is -0.480 e. The molecule has 80 valence electrons. The molecule has 0 spiro atoms. The summed E-state index contributed by atoms with van der Waals surface area (Å²) >= 11 is 15.1. The summed E-state index contributed by atoms with van der Waals surface area (Å²) in [6, 6.07) is 7.06. The lowest BCUT2D eigenvalue weighted by Crippen LogP contribution is -2.26. The second-order valence-electron chi connectivity index (χ2n) is 3.60. The molecule has 0 bridgehead atoms. The Labute approximate surface area is 105 Å². The topological polar surface area (TPSA) is 37.3 Å². The van der Waals surface area contributed by atoms with Crippen molar-refractivity contribution in [1.82, 2.24) is 0 Å². The molecule has 0 saturated heterocycles. The third kappa shape index (κ3) is 1.57. The maximum atomic E-state index is 11.2. The predicted octanol–water partition coefficient (Wildman–Crippen LogP) is 3.35. The summed E-state index contributed by atoms with van der Waals surface area (Å²) in [4.78, 5) is 11.2. The highest BCUT2D eigenvalue weighted by molar-refractivity contribution is 9.10. The fraction of sp³-hybridized carbons (Fsp3) is 0.300. The van der Waals surface area contributed by atoms with Crippen LogP contribution < -0.4 is 0 Å². The van der Waals surface area contributed by atoms with E-state index in [9.17, 15) is 9.90 Å². The average Bonchev–Trinajstić information content (AvgIpc) is 2.71. The minimum atomic E-state index is -1.19. The van der Waals surface area contributed by atoms with Crippen molar-refractivity contribution in [3.63, 3.8) is 0 Å². The summed E-state index contributed by atoms with van der Waals surface area (Å²) in [6.45, 7) is 0. The molecule has 0 aromatic heterocycles. The zero-order valence-electron chi connectivity index (χ0n) is 7.51. The Kier molecular flexibility index (Phi) is 2.53. The molecule has 1 aliphatic rings. The van der Waals surface area contributed by atoms with E-state index < -0.39 is 15.7 Å². The molecule has 1 saturated carbocycles. The van der Waals surface area contributed by atoms with Crippen molar-refractivity contribution >= 4 is 45.1 Å². The van der Waals surface area contributed by atoms with Crippen molar-refractivity contribution in [2.75, 3.05) is 0 Å². The van der Waals surface area contributed by atoms with E-state index in [2.05, 4.69) is 15.9 Å². The number of benzene rings is 1. The van der Waals surface area contributed by atoms with Crippen molar-refractivity contribution in [1.29, 1.82) is 0 Å². The van der Waals surface area contributed by atoms with Crippen LogP contribution in [0.4, 0.5) is 0 Å². The molecule has 0 amide bonds. The molecule has 1 aliphatic carbocycles. The summed E-state index contributed by atoms with van der Waals surface area (Å²) in [5, 5.41) is 9.20. The van der Waals surface area contributed by atoms with Gasteiger partial charge in [-0.1, -0.05) is 51.3 Å². The van der Waals surface area contributed by atoms with E-state index in [1.165, 1.54) is 0 Å². The summed E-state index contributed by atoms with van der Waals surface area (Å²) in [5.41, 5.74) is -0.519. The molecule has 0 heterocycles. The zero-order chi connectivity index (χ0) is 11.3. The van der Waals surface area contributed by atoms with Crippen LogP contribution >= 0.6 is 39.1 Å². The molecule has 1 aromatic carbocycles. The molecule has 15 heavy (non-hydrogen) atoms. The standard InChI is InChI=1S/C10H7BrCl2O2/c11-7-3-1-2-6(4-7)9(8(14)15)5-10(9,12)13/h1-4H,5H2,(H,14,15). The van der Waals surface area contributed by atoms with Gasteiger partial charge in [0.15, 0.2) is 0 Å². The smallest absolute Gasteiger partial charge is 0.317 e. The van der Waals surface area contributed by atoms with E-state index in [-0.39, 0.29) is 6.42 Å². The third-order valence-corrected chi connectivity index (χ3v) is 4.07. The molecule has 1 aromatic rings. The predicted molar refractivity (Wildman–Crippen MR) is 62.5 cm³/mol. The molecule has 1 atom stereocenters. The molecule has 2 rings (SSSR count). The first-order valence-electron chi connectivity index (χ1n) is 4.27. The Bertz CT molecular complexity index is 433. The minimum absolute atomic E-state index is 0.245. The second-order valence-corrected chi connectivity index (χ2v) is 6.00. The molecule has 2 nitrogen and oxygen atoms in total. The highest BCUT2D eigenvalue weighted by Gasteiger charge is 2.72. The quantitative estimate of drug-likeness (QED) is 0.851. The maximum Gasteiger partial charge on any atom is 0.317 e. The Morgan fingerprint density at radius 3 is 2.47 bits per heavy atom. The van der Waals surface area contributed by atoms with Crippen molar-refractivity contribution < 1.29 is 9.90 Å². The first kappa shape index (κ1) is 11.2. The van der Waals surface area contributed by atoms with Crippen molar-refractivity contribution in [2.45, 2.75) is 16.2 Å². The van der Waals surface area contributed by atoms with Crippen LogP contribution in [0.15, 0.2) is 28.7 Å². The summed E-state index contributed by atoms with van der Waals surface area (Å²) < 4.78 is -0.378. The van der Waals surface area contributed by atoms with Crippen molar-refractivity contribution in [3.05, 3.63) is 34.3 Å². The fourth-order valence-electron chi connectivity index (χ4n) is 1.71. The second kappa shape index (κ2) is 3.37. The maximum absolute atomic E-state index is 11.2. The lowest BCUT2D eigenvalue weighted by atomic mass is 9.96. The van der Waals surface area contributed by atoms with Gasteiger partial charge in [0, 0.05) is 10.9 Å². The molecule has 1 unspecified atom stereocenters. The lowest BCUT2D eigenvalue weighted by molar-refractivity contribution is -0.140. The van der Waals surface area contributed by atoms with Gasteiger partial charge in [-0.2, -0.15) is 0 Å². The van der Waals surface area contributed by atoms with Gasteiger partial charge in [-0.25, -0.2) is 0 Å². The van der Waals surface area contributed by atoms with Gasteiger partial charge in [0.1, 0.15) is 9.75 Å². The molecule has 1 fully saturated rings. The number of carboxylic acid groups (broad SMARTS) is 1. The number of hydrogen-bond donors (Lipinski definition) is 1. The van der Waals surface area contributed by atoms with E-state index in [0.29, 0.717) is 5.56 Å². The Morgan fingerprint density at radius 2 is 2.07 bits per heavy atom. The van der Waals surface area contributed by atoms with Gasteiger partial charge < -0.3 is 5.11 Å². The molecule has 0 radical (unpaired) electrons. The summed E-state index contributed by atoms with van der Waals surface area (Å²) in [6.07, 6.45) is 0.245. The summed E-state index contributed by atoms with van der Waals surface area (Å²) in [7, 11) is 0. The number of halogens is 3. The number of aliphatic carboxylic acids is 1. The monoisotopic (exact) mass is 308 g/mol. The first-order valence-corrected chi connectivity index (χ1v) is 5.82. The van der Waals surface area contributed by atoms with Crippen LogP contribution in [0, 0.1) is 0 Å². The van der Waals surface area contributed by atoms with E-state index in [1.54, 1.807) is 18.2 Å². The number of carbonyl (C=O) groups is 1. The van der Waals surface area contributed by atoms with Gasteiger partial charge in [0.2, 0.25) is 0 Å². The average molecular weight is 310 g/mol. The number of rotatable bonds is 2. The van der Waals surface area contributed by atoms with Crippen molar-refractivity contribution in [3.8, 4) is 0 Å². The van der Waals surface area contributed by atoms with Gasteiger partial charge in [0.25, 0.3) is 0 Å². The fourth-order valence-corrected chi connectivity index (χ4v) is 2.89. The summed E-state index contributed by atoms with van der Waals surface area (Å²) in [5.74, 6) is -0.981. The molecule has 1 N–H and O–H groups in total. The number of hydrogen-bond acceptors (Lipinski definition) is 1. The van der Waals surface area contributed by atoms with Gasteiger partial charge >= 0.3 is 5.97 Å². The SMILES string of the molecule is O=C(O)C1(c2cccc(Br)c2)CC1(Cl)Cl. The largest absolute Gasteiger partial charge is 0.480 e. The Hall–Kier alpha value is -0.250. The van der Waals surface area contributed by atoms with Gasteiger partial charge in [0.05, 0.1) is 0 Å². The highest BCUT2D eigenvalue weighted by atomic mass is 79.9. The molecular formula is C10H7BrCl2O2. The number of alkyl halides is 2. The highest BCUT2D eigenvalue weighted by Crippen LogP contribution is 2.65. The zero-order valence-corrected chi connectivity index (χ0v) is 10.6. The Balaban J connectivity index is 2.50. The van der Waals surface area contributed by atoms with E-state index in [0.717, 1.165) is 4.47 Å². The normalized spacial score (nSPS) is 27.4. The van der Waals surface area contributed by atoms with Crippen LogP contribution in [-0.4, -0.2) is 15.4 Å². The third-order valence-electron chi connectivity index (χ3n) is 2.67. The molecule has 5 heteroatoms. The molecular weight excluding hydrogens is 303 g/mol. The van der Waals surface area contributed by atoms with Crippen LogP contribution in [0.1, 0.15) is 12.0 Å². The van der Waals surface area contributed by atoms with Gasteiger partial charge in [-0.15, -0.1) is 0 Å².